The molecule has 1 saturated heterocycles. The minimum absolute atomic E-state index is 0.0377. The van der Waals surface area contributed by atoms with Crippen molar-refractivity contribution in [2.45, 2.75) is 24.8 Å². The third-order valence-electron chi connectivity index (χ3n) is 6.86. The van der Waals surface area contributed by atoms with Crippen LogP contribution in [-0.4, -0.2) is 48.9 Å². The number of carbonyl (C=O) groups excluding carboxylic acids is 3. The van der Waals surface area contributed by atoms with Gasteiger partial charge in [-0.05, 0) is 60.4 Å². The summed E-state index contributed by atoms with van der Waals surface area (Å²) in [5.41, 5.74) is 8.84. The van der Waals surface area contributed by atoms with E-state index in [1.165, 1.54) is 11.1 Å². The molecular weight excluding hydrogens is 547 g/mol. The van der Waals surface area contributed by atoms with Crippen LogP contribution in [0.3, 0.4) is 0 Å². The molecule has 198 valence electrons. The zero-order chi connectivity index (χ0) is 27.2. The molecule has 10 heteroatoms. The lowest BCUT2D eigenvalue weighted by molar-refractivity contribution is -0.108. The molecule has 0 radical (unpaired) electrons. The van der Waals surface area contributed by atoms with E-state index >= 15 is 0 Å². The normalized spacial score (nSPS) is 18.2. The Morgan fingerprint density at radius 3 is 2.42 bits per heavy atom. The zero-order valence-corrected chi connectivity index (χ0v) is 22.7. The van der Waals surface area contributed by atoms with Gasteiger partial charge < -0.3 is 15.5 Å². The number of nitrogens with one attached hydrogen (secondary N) is 1. The van der Waals surface area contributed by atoms with E-state index < -0.39 is 6.03 Å². The lowest BCUT2D eigenvalue weighted by Gasteiger charge is -2.45. The van der Waals surface area contributed by atoms with Gasteiger partial charge in [0, 0.05) is 41.8 Å². The summed E-state index contributed by atoms with van der Waals surface area (Å²) < 4.78 is 0. The number of urea groups is 1. The predicted octanol–water partition coefficient (Wildman–Crippen LogP) is 5.52. The standard InChI is InChI=1S/C26H23Cl3N2O.C2H4N2O2/c27-19-6-3-5-18(14-19)26(32)31-13-12-30(20-9-11-23(28)24(29)15-20)16-25(31)22-10-8-17-4-1-2-7-21(17)22;3-2(6)4-1-5/h1-7,9,11,14-15,22,25H,8,10,12-13,16H2;1H,(H3,3,4,5,6)/t22-,25-;/m0./s1. The molecule has 0 bridgehead atoms. The molecule has 0 spiro atoms. The monoisotopic (exact) mass is 572 g/mol. The molecule has 4 amide bonds. The molecule has 1 aliphatic heterocycles. The van der Waals surface area contributed by atoms with Crippen molar-refractivity contribution in [1.29, 1.82) is 0 Å². The van der Waals surface area contributed by atoms with Crippen LogP contribution in [0.15, 0.2) is 66.7 Å². The van der Waals surface area contributed by atoms with E-state index in [2.05, 4.69) is 34.9 Å². The quantitative estimate of drug-likeness (QED) is 0.402. The molecule has 3 aromatic carbocycles. The van der Waals surface area contributed by atoms with Crippen LogP contribution in [-0.2, 0) is 11.2 Å². The number of imide groups is 1. The van der Waals surface area contributed by atoms with Gasteiger partial charge in [0.15, 0.2) is 0 Å². The molecule has 7 nitrogen and oxygen atoms in total. The maximum Gasteiger partial charge on any atom is 0.318 e. The third-order valence-corrected chi connectivity index (χ3v) is 7.84. The first-order chi connectivity index (χ1) is 18.3. The van der Waals surface area contributed by atoms with Crippen molar-refractivity contribution in [1.82, 2.24) is 10.2 Å². The first-order valence-corrected chi connectivity index (χ1v) is 13.3. The number of piperazine rings is 1. The third kappa shape index (κ3) is 6.41. The highest BCUT2D eigenvalue weighted by Gasteiger charge is 2.39. The Labute approximate surface area is 236 Å². The number of primary amides is 1. The predicted molar refractivity (Wildman–Crippen MR) is 151 cm³/mol. The number of hydrogen-bond acceptors (Lipinski definition) is 4. The van der Waals surface area contributed by atoms with Crippen molar-refractivity contribution in [3.63, 3.8) is 0 Å². The number of anilines is 1. The number of rotatable bonds is 4. The molecule has 1 heterocycles. The second kappa shape index (κ2) is 12.5. The van der Waals surface area contributed by atoms with E-state index in [-0.39, 0.29) is 18.4 Å². The number of amides is 4. The Hall–Kier alpha value is -3.26. The fourth-order valence-corrected chi connectivity index (χ4v) is 5.64. The van der Waals surface area contributed by atoms with Crippen LogP contribution in [0.25, 0.3) is 0 Å². The molecule has 1 aliphatic carbocycles. The number of benzene rings is 3. The highest BCUT2D eigenvalue weighted by atomic mass is 35.5. The van der Waals surface area contributed by atoms with Crippen molar-refractivity contribution >= 4 is 58.8 Å². The van der Waals surface area contributed by atoms with E-state index in [0.29, 0.717) is 33.1 Å². The van der Waals surface area contributed by atoms with E-state index in [9.17, 15) is 14.4 Å². The summed E-state index contributed by atoms with van der Waals surface area (Å²) in [7, 11) is 0. The summed E-state index contributed by atoms with van der Waals surface area (Å²) in [4.78, 5) is 36.6. The Morgan fingerprint density at radius 2 is 1.74 bits per heavy atom. The first kappa shape index (κ1) is 27.8. The van der Waals surface area contributed by atoms with Crippen LogP contribution >= 0.6 is 34.8 Å². The number of halogens is 3. The van der Waals surface area contributed by atoms with Crippen molar-refractivity contribution in [3.8, 4) is 0 Å². The van der Waals surface area contributed by atoms with Crippen LogP contribution < -0.4 is 16.0 Å². The van der Waals surface area contributed by atoms with Crippen LogP contribution in [0.2, 0.25) is 15.1 Å². The molecule has 3 N–H and O–H groups in total. The van der Waals surface area contributed by atoms with Gasteiger partial charge >= 0.3 is 6.03 Å². The molecule has 0 unspecified atom stereocenters. The van der Waals surface area contributed by atoms with E-state index in [0.717, 1.165) is 31.6 Å². The molecule has 1 fully saturated rings. The van der Waals surface area contributed by atoms with Gasteiger partial charge in [0.1, 0.15) is 0 Å². The van der Waals surface area contributed by atoms with Crippen molar-refractivity contribution in [2.75, 3.05) is 24.5 Å². The average molecular weight is 574 g/mol. The second-order valence-electron chi connectivity index (χ2n) is 9.09. The molecule has 2 atom stereocenters. The Morgan fingerprint density at radius 1 is 0.947 bits per heavy atom. The van der Waals surface area contributed by atoms with Crippen LogP contribution in [0.1, 0.15) is 33.8 Å². The number of nitrogens with two attached hydrogens (primary N) is 1. The van der Waals surface area contributed by atoms with Gasteiger partial charge in [-0.15, -0.1) is 0 Å². The maximum atomic E-state index is 13.6. The number of carbonyl (C=O) groups is 3. The fourth-order valence-electron chi connectivity index (χ4n) is 5.16. The average Bonchev–Trinajstić information content (AvgIpc) is 3.34. The first-order valence-electron chi connectivity index (χ1n) is 12.1. The Kier molecular flexibility index (Phi) is 9.15. The van der Waals surface area contributed by atoms with Gasteiger partial charge in [0.2, 0.25) is 6.41 Å². The minimum Gasteiger partial charge on any atom is -0.368 e. The summed E-state index contributed by atoms with van der Waals surface area (Å²) >= 11 is 18.6. The maximum absolute atomic E-state index is 13.6. The highest BCUT2D eigenvalue weighted by Crippen LogP contribution is 2.40. The van der Waals surface area contributed by atoms with E-state index in [4.69, 9.17) is 34.8 Å². The molecular formula is C28H27Cl3N4O3. The smallest absolute Gasteiger partial charge is 0.318 e. The lowest BCUT2D eigenvalue weighted by atomic mass is 9.89. The fraction of sp³-hybridized carbons (Fsp3) is 0.250. The second-order valence-corrected chi connectivity index (χ2v) is 10.3. The van der Waals surface area contributed by atoms with Crippen LogP contribution in [0.5, 0.6) is 0 Å². The van der Waals surface area contributed by atoms with Gasteiger partial charge in [-0.25, -0.2) is 4.79 Å². The summed E-state index contributed by atoms with van der Waals surface area (Å²) in [5.74, 6) is 0.329. The van der Waals surface area contributed by atoms with Gasteiger partial charge in [0.25, 0.3) is 5.91 Å². The largest absolute Gasteiger partial charge is 0.368 e. The molecule has 5 rings (SSSR count). The summed E-state index contributed by atoms with van der Waals surface area (Å²) in [6.07, 6.45) is 2.31. The summed E-state index contributed by atoms with van der Waals surface area (Å²) in [5, 5.41) is 3.34. The SMILES string of the molecule is NC(=O)NC=O.O=C(c1cccc(Cl)c1)N1CCN(c2ccc(Cl)c(Cl)c2)C[C@H]1[C@H]1CCc2ccccc21. The Balaban J connectivity index is 0.000000505. The van der Waals surface area contributed by atoms with Gasteiger partial charge in [-0.3, -0.25) is 14.9 Å². The number of nitrogens with zero attached hydrogens (tertiary/aromatic N) is 2. The van der Waals surface area contributed by atoms with Crippen molar-refractivity contribution in [3.05, 3.63) is 98.5 Å². The van der Waals surface area contributed by atoms with Crippen LogP contribution in [0, 0.1) is 0 Å². The minimum atomic E-state index is -0.829. The van der Waals surface area contributed by atoms with Crippen LogP contribution in [0.4, 0.5) is 10.5 Å². The number of aryl methyl sites for hydroxylation is 1. The number of hydrogen-bond donors (Lipinski definition) is 2. The zero-order valence-electron chi connectivity index (χ0n) is 20.4. The molecule has 2 aliphatic rings. The van der Waals surface area contributed by atoms with E-state index in [1.807, 2.05) is 35.2 Å². The molecule has 38 heavy (non-hydrogen) atoms. The molecule has 0 saturated carbocycles. The summed E-state index contributed by atoms with van der Waals surface area (Å²) in [6, 6.07) is 20.8. The number of fused-ring (bicyclic) bond motifs is 1. The van der Waals surface area contributed by atoms with Crippen molar-refractivity contribution < 1.29 is 14.4 Å². The molecule has 3 aromatic rings. The lowest BCUT2D eigenvalue weighted by Crippen LogP contribution is -2.57. The van der Waals surface area contributed by atoms with Gasteiger partial charge in [0.05, 0.1) is 16.1 Å². The molecule has 0 aromatic heterocycles. The highest BCUT2D eigenvalue weighted by molar-refractivity contribution is 6.42. The van der Waals surface area contributed by atoms with E-state index in [1.54, 1.807) is 17.4 Å². The summed E-state index contributed by atoms with van der Waals surface area (Å²) in [6.45, 7) is 2.10. The van der Waals surface area contributed by atoms with Gasteiger partial charge in [-0.2, -0.15) is 0 Å². The Bertz CT molecular complexity index is 1340. The van der Waals surface area contributed by atoms with Crippen molar-refractivity contribution in [2.24, 2.45) is 5.73 Å². The van der Waals surface area contributed by atoms with Gasteiger partial charge in [-0.1, -0.05) is 65.1 Å². The topological polar surface area (TPSA) is 95.7 Å².